The van der Waals surface area contributed by atoms with Gasteiger partial charge in [0.2, 0.25) is 0 Å². The fraction of sp³-hybridized carbons (Fsp3) is 0.400. The zero-order chi connectivity index (χ0) is 16.5. The van der Waals surface area contributed by atoms with Crippen LogP contribution >= 0.6 is 22.7 Å². The third-order valence-corrected chi connectivity index (χ3v) is 4.76. The van der Waals surface area contributed by atoms with E-state index in [-0.39, 0.29) is 5.91 Å². The van der Waals surface area contributed by atoms with Crippen molar-refractivity contribution in [2.75, 3.05) is 20.1 Å². The molecule has 6 nitrogen and oxygen atoms in total. The van der Waals surface area contributed by atoms with Crippen LogP contribution in [0.1, 0.15) is 26.0 Å². The summed E-state index contributed by atoms with van der Waals surface area (Å²) in [6, 6.07) is 3.70. The van der Waals surface area contributed by atoms with Gasteiger partial charge in [-0.1, -0.05) is 6.07 Å². The second-order valence-electron chi connectivity index (χ2n) is 4.80. The van der Waals surface area contributed by atoms with E-state index >= 15 is 0 Å². The number of carbonyl (C=O) groups excluding carboxylic acids is 1. The van der Waals surface area contributed by atoms with Gasteiger partial charge in [-0.2, -0.15) is 0 Å². The molecule has 0 saturated carbocycles. The molecular formula is C15H21N5OS2. The van der Waals surface area contributed by atoms with E-state index in [0.29, 0.717) is 13.1 Å². The summed E-state index contributed by atoms with van der Waals surface area (Å²) in [5.41, 5.74) is 0. The van der Waals surface area contributed by atoms with Gasteiger partial charge in [0.1, 0.15) is 5.01 Å². The number of guanidine groups is 1. The number of nitrogens with one attached hydrogen (secondary N) is 3. The Balaban J connectivity index is 1.59. The fourth-order valence-electron chi connectivity index (χ4n) is 1.86. The van der Waals surface area contributed by atoms with E-state index in [4.69, 9.17) is 0 Å². The Morgan fingerprint density at radius 1 is 1.30 bits per heavy atom. The van der Waals surface area contributed by atoms with Crippen LogP contribution in [-0.4, -0.2) is 37.0 Å². The first-order valence-corrected chi connectivity index (χ1v) is 9.06. The zero-order valence-corrected chi connectivity index (χ0v) is 14.9. The Hall–Kier alpha value is -1.93. The Morgan fingerprint density at radius 2 is 2.13 bits per heavy atom. The first-order valence-electron chi connectivity index (χ1n) is 7.36. The first-order chi connectivity index (χ1) is 11.2. The smallest absolute Gasteiger partial charge is 0.261 e. The number of aliphatic imine (C=N–C) groups is 1. The van der Waals surface area contributed by atoms with Crippen molar-refractivity contribution in [1.82, 2.24) is 20.9 Å². The van der Waals surface area contributed by atoms with Gasteiger partial charge in [0.25, 0.3) is 5.91 Å². The molecule has 0 bridgehead atoms. The third-order valence-electron chi connectivity index (χ3n) is 2.98. The maximum Gasteiger partial charge on any atom is 0.261 e. The molecule has 0 aliphatic rings. The molecule has 0 fully saturated rings. The summed E-state index contributed by atoms with van der Waals surface area (Å²) in [6.07, 6.45) is 2.70. The number of carbonyl (C=O) groups is 1. The predicted molar refractivity (Wildman–Crippen MR) is 96.3 cm³/mol. The minimum atomic E-state index is -0.0124. The zero-order valence-electron chi connectivity index (χ0n) is 13.3. The van der Waals surface area contributed by atoms with Crippen LogP contribution in [-0.2, 0) is 6.54 Å². The standard InChI is InChI=1S/C15H21N5OS2/c1-11-9-19-13(23-11)10-20-15(16-2)18-7-4-6-17-14(21)12-5-3-8-22-12/h3,5,8-9H,4,6-7,10H2,1-2H3,(H,17,21)(H2,16,18,20). The lowest BCUT2D eigenvalue weighted by molar-refractivity contribution is 0.0957. The molecule has 0 aromatic carbocycles. The van der Waals surface area contributed by atoms with Gasteiger partial charge in [0.15, 0.2) is 5.96 Å². The van der Waals surface area contributed by atoms with Gasteiger partial charge in [0, 0.05) is 31.2 Å². The fourth-order valence-corrected chi connectivity index (χ4v) is 3.22. The highest BCUT2D eigenvalue weighted by Crippen LogP contribution is 2.10. The molecule has 0 aliphatic carbocycles. The molecule has 124 valence electrons. The third kappa shape index (κ3) is 5.99. The molecule has 2 heterocycles. The minimum absolute atomic E-state index is 0.0124. The average Bonchev–Trinajstić information content (AvgIpc) is 3.21. The molecule has 0 unspecified atom stereocenters. The number of hydrogen-bond donors (Lipinski definition) is 3. The molecule has 0 aliphatic heterocycles. The summed E-state index contributed by atoms with van der Waals surface area (Å²) in [4.78, 5) is 22.2. The van der Waals surface area contributed by atoms with Crippen molar-refractivity contribution in [2.24, 2.45) is 4.99 Å². The van der Waals surface area contributed by atoms with Crippen LogP contribution in [0.4, 0.5) is 0 Å². The number of hydrogen-bond acceptors (Lipinski definition) is 5. The van der Waals surface area contributed by atoms with Gasteiger partial charge >= 0.3 is 0 Å². The van der Waals surface area contributed by atoms with E-state index in [2.05, 4.69) is 25.9 Å². The molecule has 0 saturated heterocycles. The van der Waals surface area contributed by atoms with Gasteiger partial charge in [-0.25, -0.2) is 4.98 Å². The Kier molecular flexibility index (Phi) is 7.02. The maximum atomic E-state index is 11.8. The molecule has 0 atom stereocenters. The molecular weight excluding hydrogens is 330 g/mol. The second-order valence-corrected chi connectivity index (χ2v) is 7.07. The van der Waals surface area contributed by atoms with Crippen molar-refractivity contribution in [3.05, 3.63) is 38.5 Å². The number of nitrogens with zero attached hydrogens (tertiary/aromatic N) is 2. The quantitative estimate of drug-likeness (QED) is 0.405. The van der Waals surface area contributed by atoms with E-state index in [0.717, 1.165) is 28.8 Å². The molecule has 3 N–H and O–H groups in total. The molecule has 0 spiro atoms. The number of rotatable bonds is 7. The molecule has 8 heteroatoms. The molecule has 2 rings (SSSR count). The minimum Gasteiger partial charge on any atom is -0.356 e. The summed E-state index contributed by atoms with van der Waals surface area (Å²) in [5.74, 6) is 0.726. The summed E-state index contributed by atoms with van der Waals surface area (Å²) in [6.45, 7) is 4.07. The lowest BCUT2D eigenvalue weighted by Gasteiger charge is -2.11. The monoisotopic (exact) mass is 351 g/mol. The molecule has 0 radical (unpaired) electrons. The molecule has 2 aromatic rings. The predicted octanol–water partition coefficient (Wildman–Crippen LogP) is 2.00. The lowest BCUT2D eigenvalue weighted by atomic mass is 10.4. The van der Waals surface area contributed by atoms with E-state index in [9.17, 15) is 4.79 Å². The van der Waals surface area contributed by atoms with Crippen molar-refractivity contribution in [1.29, 1.82) is 0 Å². The van der Waals surface area contributed by atoms with E-state index in [1.165, 1.54) is 16.2 Å². The van der Waals surface area contributed by atoms with Crippen molar-refractivity contribution in [2.45, 2.75) is 19.9 Å². The van der Waals surface area contributed by atoms with Crippen LogP contribution in [0.3, 0.4) is 0 Å². The summed E-state index contributed by atoms with van der Waals surface area (Å²) in [5, 5.41) is 12.3. The summed E-state index contributed by atoms with van der Waals surface area (Å²) < 4.78 is 0. The van der Waals surface area contributed by atoms with E-state index in [1.807, 2.05) is 30.6 Å². The van der Waals surface area contributed by atoms with Crippen molar-refractivity contribution in [3.63, 3.8) is 0 Å². The SMILES string of the molecule is CN=C(NCCCNC(=O)c1cccs1)NCc1ncc(C)s1. The average molecular weight is 352 g/mol. The van der Waals surface area contributed by atoms with Crippen molar-refractivity contribution in [3.8, 4) is 0 Å². The number of aryl methyl sites for hydroxylation is 1. The van der Waals surface area contributed by atoms with Gasteiger partial charge in [-0.3, -0.25) is 9.79 Å². The number of thiophene rings is 1. The molecule has 2 aromatic heterocycles. The van der Waals surface area contributed by atoms with Crippen LogP contribution in [0.25, 0.3) is 0 Å². The molecule has 1 amide bonds. The first kappa shape index (κ1) is 17.4. The van der Waals surface area contributed by atoms with Crippen LogP contribution in [0, 0.1) is 6.92 Å². The summed E-state index contributed by atoms with van der Waals surface area (Å²) in [7, 11) is 1.74. The largest absolute Gasteiger partial charge is 0.356 e. The van der Waals surface area contributed by atoms with Crippen LogP contribution in [0.5, 0.6) is 0 Å². The highest BCUT2D eigenvalue weighted by molar-refractivity contribution is 7.12. The lowest BCUT2D eigenvalue weighted by Crippen LogP contribution is -2.38. The van der Waals surface area contributed by atoms with Crippen LogP contribution < -0.4 is 16.0 Å². The van der Waals surface area contributed by atoms with Crippen molar-refractivity contribution < 1.29 is 4.79 Å². The van der Waals surface area contributed by atoms with Gasteiger partial charge in [-0.15, -0.1) is 22.7 Å². The highest BCUT2D eigenvalue weighted by Gasteiger charge is 2.05. The van der Waals surface area contributed by atoms with E-state index < -0.39 is 0 Å². The highest BCUT2D eigenvalue weighted by atomic mass is 32.1. The van der Waals surface area contributed by atoms with Gasteiger partial charge in [-0.05, 0) is 24.8 Å². The Labute approximate surface area is 144 Å². The number of amides is 1. The van der Waals surface area contributed by atoms with Crippen LogP contribution in [0.15, 0.2) is 28.7 Å². The van der Waals surface area contributed by atoms with Gasteiger partial charge in [0.05, 0.1) is 11.4 Å². The maximum absolute atomic E-state index is 11.8. The topological polar surface area (TPSA) is 78.4 Å². The van der Waals surface area contributed by atoms with Gasteiger partial charge < -0.3 is 16.0 Å². The Morgan fingerprint density at radius 3 is 2.78 bits per heavy atom. The van der Waals surface area contributed by atoms with E-state index in [1.54, 1.807) is 18.4 Å². The van der Waals surface area contributed by atoms with Crippen LogP contribution in [0.2, 0.25) is 0 Å². The Bertz CT molecular complexity index is 636. The second kappa shape index (κ2) is 9.26. The van der Waals surface area contributed by atoms with Crippen molar-refractivity contribution >= 4 is 34.5 Å². The number of thiazole rings is 1. The summed E-state index contributed by atoms with van der Waals surface area (Å²) >= 11 is 3.12. The normalized spacial score (nSPS) is 11.3. The molecule has 23 heavy (non-hydrogen) atoms. The number of aromatic nitrogens is 1.